The Morgan fingerprint density at radius 1 is 1.45 bits per heavy atom. The van der Waals surface area contributed by atoms with E-state index in [1.54, 1.807) is 0 Å². The van der Waals surface area contributed by atoms with E-state index in [0.29, 0.717) is 5.92 Å². The van der Waals surface area contributed by atoms with Crippen LogP contribution < -0.4 is 5.32 Å². The number of rotatable bonds is 0. The van der Waals surface area contributed by atoms with Crippen LogP contribution in [0.3, 0.4) is 0 Å². The molecule has 1 aliphatic rings. The third-order valence-electron chi connectivity index (χ3n) is 2.63. The molecule has 2 nitrogen and oxygen atoms in total. The highest BCUT2D eigenvalue weighted by molar-refractivity contribution is 4.97. The number of aliphatic hydroxyl groups is 1. The van der Waals surface area contributed by atoms with Crippen molar-refractivity contribution >= 4 is 0 Å². The molecule has 1 rings (SSSR count). The minimum absolute atomic E-state index is 0.201. The van der Waals surface area contributed by atoms with Gasteiger partial charge in [-0.2, -0.15) is 0 Å². The molecule has 1 fully saturated rings. The number of β-amino-alcohol motifs (C(OH)–C–C–N with tert-alkyl or cyclic N) is 1. The molecule has 0 aromatic carbocycles. The normalized spacial score (nSPS) is 39.5. The van der Waals surface area contributed by atoms with Crippen LogP contribution in [0.4, 0.5) is 0 Å². The van der Waals surface area contributed by atoms with E-state index in [1.807, 2.05) is 6.92 Å². The average molecular weight is 157 g/mol. The summed E-state index contributed by atoms with van der Waals surface area (Å²) in [4.78, 5) is 0. The van der Waals surface area contributed by atoms with Crippen molar-refractivity contribution in [1.29, 1.82) is 0 Å². The fourth-order valence-electron chi connectivity index (χ4n) is 2.05. The van der Waals surface area contributed by atoms with Gasteiger partial charge in [-0.15, -0.1) is 0 Å². The molecule has 11 heavy (non-hydrogen) atoms. The van der Waals surface area contributed by atoms with Crippen molar-refractivity contribution < 1.29 is 5.11 Å². The third kappa shape index (κ3) is 1.74. The maximum Gasteiger partial charge on any atom is 0.0788 e. The van der Waals surface area contributed by atoms with Gasteiger partial charge in [-0.1, -0.05) is 20.8 Å². The Labute approximate surface area is 69.0 Å². The van der Waals surface area contributed by atoms with E-state index in [-0.39, 0.29) is 5.41 Å². The number of hydrogen-bond donors (Lipinski definition) is 2. The fourth-order valence-corrected chi connectivity index (χ4v) is 2.05. The SMILES string of the molecule is CC(C)(C)C1CNCC1(C)O. The van der Waals surface area contributed by atoms with E-state index in [9.17, 15) is 5.11 Å². The van der Waals surface area contributed by atoms with Crippen molar-refractivity contribution in [3.63, 3.8) is 0 Å². The first-order chi connectivity index (χ1) is 4.84. The zero-order valence-electron chi connectivity index (χ0n) is 7.94. The van der Waals surface area contributed by atoms with Gasteiger partial charge in [0.05, 0.1) is 5.60 Å². The summed E-state index contributed by atoms with van der Waals surface area (Å²) in [6, 6.07) is 0. The van der Waals surface area contributed by atoms with Gasteiger partial charge >= 0.3 is 0 Å². The molecule has 0 aromatic heterocycles. The Hall–Kier alpha value is -0.0800. The predicted molar refractivity (Wildman–Crippen MR) is 46.4 cm³/mol. The molecule has 0 bridgehead atoms. The molecule has 0 saturated carbocycles. The first kappa shape index (κ1) is 9.01. The summed E-state index contributed by atoms with van der Waals surface area (Å²) in [5.74, 6) is 0.370. The Bertz CT molecular complexity index is 146. The largest absolute Gasteiger partial charge is 0.388 e. The molecule has 66 valence electrons. The summed E-state index contributed by atoms with van der Waals surface area (Å²) < 4.78 is 0. The lowest BCUT2D eigenvalue weighted by molar-refractivity contribution is -0.00938. The first-order valence-corrected chi connectivity index (χ1v) is 4.27. The van der Waals surface area contributed by atoms with E-state index in [1.165, 1.54) is 0 Å². The van der Waals surface area contributed by atoms with Crippen LogP contribution in [-0.2, 0) is 0 Å². The second-order valence-corrected chi connectivity index (χ2v) is 4.91. The van der Waals surface area contributed by atoms with Crippen molar-refractivity contribution in [1.82, 2.24) is 5.32 Å². The van der Waals surface area contributed by atoms with E-state index < -0.39 is 5.60 Å². The second kappa shape index (κ2) is 2.46. The number of hydrogen-bond acceptors (Lipinski definition) is 2. The molecule has 2 atom stereocenters. The molecule has 0 aliphatic carbocycles. The monoisotopic (exact) mass is 157 g/mol. The summed E-state index contributed by atoms with van der Waals surface area (Å²) in [5.41, 5.74) is -0.314. The molecular formula is C9H19NO. The molecule has 0 spiro atoms. The van der Waals surface area contributed by atoms with Crippen LogP contribution in [0.1, 0.15) is 27.7 Å². The summed E-state index contributed by atoms with van der Waals surface area (Å²) in [5, 5.41) is 13.1. The lowest BCUT2D eigenvalue weighted by Gasteiger charge is -2.35. The summed E-state index contributed by atoms with van der Waals surface area (Å²) >= 11 is 0. The van der Waals surface area contributed by atoms with Gasteiger partial charge < -0.3 is 10.4 Å². The molecule has 2 unspecified atom stereocenters. The molecule has 0 aromatic rings. The maximum absolute atomic E-state index is 9.93. The molecule has 2 N–H and O–H groups in total. The van der Waals surface area contributed by atoms with Crippen molar-refractivity contribution in [3.05, 3.63) is 0 Å². The zero-order chi connectivity index (χ0) is 8.70. The molecule has 1 heterocycles. The fraction of sp³-hybridized carbons (Fsp3) is 1.00. The van der Waals surface area contributed by atoms with Crippen LogP contribution in [0.2, 0.25) is 0 Å². The second-order valence-electron chi connectivity index (χ2n) is 4.91. The van der Waals surface area contributed by atoms with Crippen LogP contribution in [-0.4, -0.2) is 23.8 Å². The maximum atomic E-state index is 9.93. The van der Waals surface area contributed by atoms with Gasteiger partial charge in [-0.05, 0) is 12.3 Å². The highest BCUT2D eigenvalue weighted by atomic mass is 16.3. The third-order valence-corrected chi connectivity index (χ3v) is 2.63. The van der Waals surface area contributed by atoms with Gasteiger partial charge in [0.25, 0.3) is 0 Å². The van der Waals surface area contributed by atoms with Gasteiger partial charge in [-0.3, -0.25) is 0 Å². The van der Waals surface area contributed by atoms with Gasteiger partial charge in [0.15, 0.2) is 0 Å². The Morgan fingerprint density at radius 2 is 2.00 bits per heavy atom. The summed E-state index contributed by atoms with van der Waals surface area (Å²) in [6.45, 7) is 10.1. The minimum atomic E-state index is -0.516. The van der Waals surface area contributed by atoms with E-state index in [2.05, 4.69) is 26.1 Å². The number of nitrogens with one attached hydrogen (secondary N) is 1. The van der Waals surface area contributed by atoms with E-state index >= 15 is 0 Å². The smallest absolute Gasteiger partial charge is 0.0788 e. The standard InChI is InChI=1S/C9H19NO/c1-8(2,3)7-5-10-6-9(7,4)11/h7,10-11H,5-6H2,1-4H3. The van der Waals surface area contributed by atoms with E-state index in [4.69, 9.17) is 0 Å². The van der Waals surface area contributed by atoms with Crippen molar-refractivity contribution in [2.45, 2.75) is 33.3 Å². The summed E-state index contributed by atoms with van der Waals surface area (Å²) in [6.07, 6.45) is 0. The molecule has 1 aliphatic heterocycles. The molecule has 0 radical (unpaired) electrons. The van der Waals surface area contributed by atoms with Crippen molar-refractivity contribution in [2.75, 3.05) is 13.1 Å². The van der Waals surface area contributed by atoms with Gasteiger partial charge in [0.2, 0.25) is 0 Å². The van der Waals surface area contributed by atoms with E-state index in [0.717, 1.165) is 13.1 Å². The highest BCUT2D eigenvalue weighted by Gasteiger charge is 2.43. The van der Waals surface area contributed by atoms with Crippen LogP contribution in [0.15, 0.2) is 0 Å². The quantitative estimate of drug-likeness (QED) is 0.550. The Balaban J connectivity index is 2.73. The Kier molecular flexibility index (Phi) is 2.01. The van der Waals surface area contributed by atoms with Crippen molar-refractivity contribution in [3.8, 4) is 0 Å². The highest BCUT2D eigenvalue weighted by Crippen LogP contribution is 2.36. The van der Waals surface area contributed by atoms with Crippen molar-refractivity contribution in [2.24, 2.45) is 11.3 Å². The molecule has 1 saturated heterocycles. The lowest BCUT2D eigenvalue weighted by atomic mass is 9.73. The van der Waals surface area contributed by atoms with Crippen LogP contribution >= 0.6 is 0 Å². The van der Waals surface area contributed by atoms with Crippen LogP contribution in [0.5, 0.6) is 0 Å². The van der Waals surface area contributed by atoms with Gasteiger partial charge in [0, 0.05) is 19.0 Å². The van der Waals surface area contributed by atoms with Crippen LogP contribution in [0, 0.1) is 11.3 Å². The first-order valence-electron chi connectivity index (χ1n) is 4.27. The Morgan fingerprint density at radius 3 is 2.18 bits per heavy atom. The molecule has 2 heteroatoms. The predicted octanol–water partition coefficient (Wildman–Crippen LogP) is 1.00. The molecular weight excluding hydrogens is 138 g/mol. The zero-order valence-corrected chi connectivity index (χ0v) is 7.94. The minimum Gasteiger partial charge on any atom is -0.388 e. The average Bonchev–Trinajstić information content (AvgIpc) is 2.06. The van der Waals surface area contributed by atoms with Gasteiger partial charge in [0.1, 0.15) is 0 Å². The van der Waals surface area contributed by atoms with Crippen LogP contribution in [0.25, 0.3) is 0 Å². The topological polar surface area (TPSA) is 32.3 Å². The lowest BCUT2D eigenvalue weighted by Crippen LogP contribution is -2.40. The molecule has 0 amide bonds. The summed E-state index contributed by atoms with van der Waals surface area (Å²) in [7, 11) is 0. The van der Waals surface area contributed by atoms with Gasteiger partial charge in [-0.25, -0.2) is 0 Å².